The van der Waals surface area contributed by atoms with Crippen LogP contribution >= 0.6 is 0 Å². The van der Waals surface area contributed by atoms with Gasteiger partial charge in [0.15, 0.2) is 8.32 Å². The first-order valence-corrected chi connectivity index (χ1v) is 11.8. The second-order valence-corrected chi connectivity index (χ2v) is 11.0. The van der Waals surface area contributed by atoms with Gasteiger partial charge < -0.3 is 19.4 Å². The van der Waals surface area contributed by atoms with Gasteiger partial charge in [-0.05, 0) is 32.0 Å². The molecule has 0 aliphatic heterocycles. The largest absolute Gasteiger partial charge is 0.420 e. The van der Waals surface area contributed by atoms with E-state index in [9.17, 15) is 10.2 Å². The van der Waals surface area contributed by atoms with Gasteiger partial charge in [-0.3, -0.25) is 0 Å². The summed E-state index contributed by atoms with van der Waals surface area (Å²) in [5.41, 5.74) is 0. The molecule has 0 spiro atoms. The molecule has 0 saturated heterocycles. The van der Waals surface area contributed by atoms with Gasteiger partial charge in [0.25, 0.3) is 0 Å². The lowest BCUT2D eigenvalue weighted by Crippen LogP contribution is -2.33. The van der Waals surface area contributed by atoms with Gasteiger partial charge in [-0.15, -0.1) is 0 Å². The van der Waals surface area contributed by atoms with Crippen LogP contribution in [-0.4, -0.2) is 51.1 Å². The first-order chi connectivity index (χ1) is 10.4. The molecule has 2 N–H and O–H groups in total. The van der Waals surface area contributed by atoms with E-state index in [4.69, 9.17) is 9.16 Å². The van der Waals surface area contributed by atoms with E-state index in [1.807, 2.05) is 7.11 Å². The van der Waals surface area contributed by atoms with E-state index >= 15 is 0 Å². The van der Waals surface area contributed by atoms with E-state index in [1.54, 1.807) is 6.92 Å². The second kappa shape index (κ2) is 13.5. The van der Waals surface area contributed by atoms with E-state index in [1.165, 1.54) is 44.6 Å². The Bertz CT molecular complexity index is 251. The lowest BCUT2D eigenvalue weighted by molar-refractivity contribution is -0.0302. The van der Waals surface area contributed by atoms with Crippen molar-refractivity contribution >= 4 is 8.32 Å². The van der Waals surface area contributed by atoms with Crippen LogP contribution in [0.4, 0.5) is 0 Å². The maximum atomic E-state index is 9.45. The highest BCUT2D eigenvalue weighted by Crippen LogP contribution is 2.22. The average Bonchev–Trinajstić information content (AvgIpc) is 2.50. The van der Waals surface area contributed by atoms with E-state index in [-0.39, 0.29) is 6.61 Å². The molecule has 0 aromatic heterocycles. The molecule has 134 valence electrons. The van der Waals surface area contributed by atoms with Gasteiger partial charge in [0.1, 0.15) is 6.10 Å². The van der Waals surface area contributed by atoms with Gasteiger partial charge in [-0.2, -0.15) is 0 Å². The minimum atomic E-state index is -1.58. The van der Waals surface area contributed by atoms with Crippen molar-refractivity contribution in [1.82, 2.24) is 0 Å². The molecule has 0 aromatic carbocycles. The predicted molar refractivity (Wildman–Crippen MR) is 94.7 cm³/mol. The monoisotopic (exact) mass is 334 g/mol. The summed E-state index contributed by atoms with van der Waals surface area (Å²) in [6.07, 6.45) is 7.43. The number of unbranched alkanes of at least 4 members (excludes halogenated alkanes) is 5. The number of aliphatic hydroxyl groups is 2. The summed E-state index contributed by atoms with van der Waals surface area (Å²) >= 11 is 0. The van der Waals surface area contributed by atoms with E-state index in [0.29, 0.717) is 6.61 Å². The SMILES string of the molecule is CCCCCCCC[Si](C)(CCCOCC(O)C(C)O)OC. The minimum Gasteiger partial charge on any atom is -0.420 e. The normalized spacial score (nSPS) is 17.2. The highest BCUT2D eigenvalue weighted by atomic mass is 28.4. The second-order valence-electron chi connectivity index (χ2n) is 6.66. The van der Waals surface area contributed by atoms with Crippen molar-refractivity contribution in [3.05, 3.63) is 0 Å². The van der Waals surface area contributed by atoms with Crippen LogP contribution in [0.2, 0.25) is 18.6 Å². The highest BCUT2D eigenvalue weighted by molar-refractivity contribution is 6.72. The maximum Gasteiger partial charge on any atom is 0.189 e. The minimum absolute atomic E-state index is 0.209. The van der Waals surface area contributed by atoms with Gasteiger partial charge in [-0.1, -0.05) is 45.4 Å². The van der Waals surface area contributed by atoms with Crippen LogP contribution in [-0.2, 0) is 9.16 Å². The molecule has 0 amide bonds. The van der Waals surface area contributed by atoms with Crippen LogP contribution < -0.4 is 0 Å². The highest BCUT2D eigenvalue weighted by Gasteiger charge is 2.26. The van der Waals surface area contributed by atoms with Crippen LogP contribution in [0.5, 0.6) is 0 Å². The molecule has 3 unspecified atom stereocenters. The fraction of sp³-hybridized carbons (Fsp3) is 1.00. The summed E-state index contributed by atoms with van der Waals surface area (Å²) in [5, 5.41) is 18.6. The first-order valence-electron chi connectivity index (χ1n) is 8.94. The Morgan fingerprint density at radius 2 is 1.55 bits per heavy atom. The van der Waals surface area contributed by atoms with Gasteiger partial charge >= 0.3 is 0 Å². The lowest BCUT2D eigenvalue weighted by atomic mass is 10.1. The first kappa shape index (κ1) is 22.1. The van der Waals surface area contributed by atoms with Crippen molar-refractivity contribution < 1.29 is 19.4 Å². The number of ether oxygens (including phenoxy) is 1. The number of rotatable bonds is 15. The third-order valence-corrected chi connectivity index (χ3v) is 8.20. The molecule has 0 aromatic rings. The molecule has 0 heterocycles. The number of aliphatic hydroxyl groups excluding tert-OH is 2. The quantitative estimate of drug-likeness (QED) is 0.354. The van der Waals surface area contributed by atoms with Crippen LogP contribution in [0.1, 0.15) is 58.8 Å². The van der Waals surface area contributed by atoms with Crippen LogP contribution in [0.25, 0.3) is 0 Å². The predicted octanol–water partition coefficient (Wildman–Crippen LogP) is 3.72. The van der Waals surface area contributed by atoms with Crippen molar-refractivity contribution in [2.24, 2.45) is 0 Å². The zero-order valence-electron chi connectivity index (χ0n) is 15.1. The van der Waals surface area contributed by atoms with Crippen LogP contribution in [0, 0.1) is 0 Å². The standard InChI is InChI=1S/C17H38O4Si/c1-5-6-7-8-9-10-13-22(4,20-3)14-11-12-21-15-17(19)16(2)18/h16-19H,5-15H2,1-4H3. The summed E-state index contributed by atoms with van der Waals surface area (Å²) in [6, 6.07) is 2.33. The zero-order valence-corrected chi connectivity index (χ0v) is 16.1. The molecule has 0 aliphatic carbocycles. The molecule has 3 atom stereocenters. The van der Waals surface area contributed by atoms with Crippen molar-refractivity contribution in [3.8, 4) is 0 Å². The molecule has 5 heteroatoms. The Labute approximate surface area is 138 Å². The van der Waals surface area contributed by atoms with Crippen molar-refractivity contribution in [2.75, 3.05) is 20.3 Å². The van der Waals surface area contributed by atoms with Crippen molar-refractivity contribution in [2.45, 2.75) is 89.6 Å². The van der Waals surface area contributed by atoms with Gasteiger partial charge in [0, 0.05) is 13.7 Å². The van der Waals surface area contributed by atoms with E-state index in [0.717, 1.165) is 12.5 Å². The maximum absolute atomic E-state index is 9.45. The topological polar surface area (TPSA) is 58.9 Å². The molecular weight excluding hydrogens is 296 g/mol. The molecule has 0 fully saturated rings. The molecule has 0 bridgehead atoms. The number of hydrogen-bond donors (Lipinski definition) is 2. The fourth-order valence-electron chi connectivity index (χ4n) is 2.50. The third kappa shape index (κ3) is 11.6. The van der Waals surface area contributed by atoms with Gasteiger partial charge in [-0.25, -0.2) is 0 Å². The summed E-state index contributed by atoms with van der Waals surface area (Å²) in [6.45, 7) is 6.97. The number of hydrogen-bond acceptors (Lipinski definition) is 4. The average molecular weight is 335 g/mol. The fourth-order valence-corrected chi connectivity index (χ4v) is 5.05. The Hall–Kier alpha value is 0.0569. The Kier molecular flexibility index (Phi) is 13.5. The van der Waals surface area contributed by atoms with Crippen molar-refractivity contribution in [1.29, 1.82) is 0 Å². The Balaban J connectivity index is 3.70. The molecule has 0 saturated carbocycles. The summed E-state index contributed by atoms with van der Waals surface area (Å²) in [5.74, 6) is 0. The Morgan fingerprint density at radius 1 is 0.955 bits per heavy atom. The van der Waals surface area contributed by atoms with E-state index < -0.39 is 20.5 Å². The smallest absolute Gasteiger partial charge is 0.189 e. The molecule has 0 rings (SSSR count). The van der Waals surface area contributed by atoms with Crippen molar-refractivity contribution in [3.63, 3.8) is 0 Å². The molecular formula is C17H38O4Si. The lowest BCUT2D eigenvalue weighted by Gasteiger charge is -2.25. The Morgan fingerprint density at radius 3 is 2.14 bits per heavy atom. The van der Waals surface area contributed by atoms with Gasteiger partial charge in [0.05, 0.1) is 12.7 Å². The van der Waals surface area contributed by atoms with Gasteiger partial charge in [0.2, 0.25) is 0 Å². The molecule has 0 radical (unpaired) electrons. The molecule has 0 aliphatic rings. The van der Waals surface area contributed by atoms with Crippen LogP contribution in [0.3, 0.4) is 0 Å². The summed E-state index contributed by atoms with van der Waals surface area (Å²) in [7, 11) is 0.266. The zero-order chi connectivity index (χ0) is 16.8. The molecule has 22 heavy (non-hydrogen) atoms. The summed E-state index contributed by atoms with van der Waals surface area (Å²) < 4.78 is 11.2. The molecule has 4 nitrogen and oxygen atoms in total. The van der Waals surface area contributed by atoms with Crippen LogP contribution in [0.15, 0.2) is 0 Å². The summed E-state index contributed by atoms with van der Waals surface area (Å²) in [4.78, 5) is 0. The van der Waals surface area contributed by atoms with E-state index in [2.05, 4.69) is 13.5 Å². The third-order valence-electron chi connectivity index (χ3n) is 4.39.